The lowest BCUT2D eigenvalue weighted by atomic mass is 9.43. The number of ketones is 1. The van der Waals surface area contributed by atoms with E-state index in [1.807, 2.05) is 30.3 Å². The highest BCUT2D eigenvalue weighted by atomic mass is 16.3. The van der Waals surface area contributed by atoms with Crippen LogP contribution in [0.5, 0.6) is 0 Å². The molecule has 2 heterocycles. The Kier molecular flexibility index (Phi) is 7.55. The van der Waals surface area contributed by atoms with Crippen molar-refractivity contribution >= 4 is 17.9 Å². The Hall–Kier alpha value is -2.29. The number of Topliss-reactive ketones (excluding diaryl/α,β-unsaturated/α-hetero) is 1. The maximum Gasteiger partial charge on any atom is 0.185 e. The molecule has 0 N–H and O–H groups in total. The molecule has 0 saturated heterocycles. The summed E-state index contributed by atoms with van der Waals surface area (Å²) in [5.74, 6) is 6.80. The summed E-state index contributed by atoms with van der Waals surface area (Å²) >= 11 is 0. The third-order valence-corrected chi connectivity index (χ3v) is 12.3. The molecule has 6 rings (SSSR count). The average Bonchev–Trinajstić information content (AvgIpc) is 3.67. The molecule has 0 aromatic carbocycles. The molecular weight excluding hydrogens is 492 g/mol. The number of carbonyl (C=O) groups is 1. The van der Waals surface area contributed by atoms with Crippen LogP contribution in [-0.2, 0) is 4.79 Å². The zero-order valence-corrected chi connectivity index (χ0v) is 25.5. The van der Waals surface area contributed by atoms with E-state index in [-0.39, 0.29) is 17.1 Å². The molecule has 8 atom stereocenters. The molecule has 0 bridgehead atoms. The van der Waals surface area contributed by atoms with Crippen molar-refractivity contribution in [1.29, 1.82) is 0 Å². The fourth-order valence-electron chi connectivity index (χ4n) is 10.4. The predicted octanol–water partition coefficient (Wildman–Crippen LogP) is 10.2. The highest BCUT2D eigenvalue weighted by molar-refractivity contribution is 6.14. The Morgan fingerprint density at radius 2 is 1.57 bits per heavy atom. The van der Waals surface area contributed by atoms with Gasteiger partial charge in [0.1, 0.15) is 11.5 Å². The molecule has 2 aromatic rings. The van der Waals surface area contributed by atoms with E-state index in [0.717, 1.165) is 65.1 Å². The Morgan fingerprint density at radius 3 is 2.25 bits per heavy atom. The van der Waals surface area contributed by atoms with Crippen molar-refractivity contribution < 1.29 is 13.6 Å². The molecule has 4 aliphatic carbocycles. The normalized spacial score (nSPS) is 38.5. The first-order valence-corrected chi connectivity index (χ1v) is 16.2. The molecule has 0 spiro atoms. The van der Waals surface area contributed by atoms with Crippen molar-refractivity contribution in [2.24, 2.45) is 52.3 Å². The monoisotopic (exact) mass is 542 g/mol. The number of fused-ring (bicyclic) bond motifs is 5. The van der Waals surface area contributed by atoms with Gasteiger partial charge in [-0.15, -0.1) is 0 Å². The standard InChI is InChI=1S/C37H50O3/c1-24(2)9-6-10-25(3)31-15-16-32-29-13-14-33-30(22-28-12-8-20-40-28)35(38)26(21-27-11-7-19-39-27)23-37(33,5)34(29)17-18-36(31,32)4/h7-8,11-12,19-22,24-25,29,31-34H,6,9-10,13-18,23H2,1-5H3/b26-21-,30-22-/t25-,29+,31+,32-,33+,34-,36+,37+/m1/s1. The van der Waals surface area contributed by atoms with E-state index in [1.165, 1.54) is 51.4 Å². The first-order valence-electron chi connectivity index (χ1n) is 16.2. The smallest absolute Gasteiger partial charge is 0.185 e. The van der Waals surface area contributed by atoms with Crippen LogP contribution in [0.2, 0.25) is 0 Å². The third-order valence-electron chi connectivity index (χ3n) is 12.3. The van der Waals surface area contributed by atoms with E-state index >= 15 is 0 Å². The van der Waals surface area contributed by atoms with Crippen LogP contribution in [0.15, 0.2) is 56.8 Å². The summed E-state index contributed by atoms with van der Waals surface area (Å²) in [6.45, 7) is 12.5. The quantitative estimate of drug-likeness (QED) is 0.327. The van der Waals surface area contributed by atoms with Gasteiger partial charge in [0.25, 0.3) is 0 Å². The first kappa shape index (κ1) is 27.9. The molecule has 3 heteroatoms. The highest BCUT2D eigenvalue weighted by Crippen LogP contribution is 2.69. The zero-order valence-electron chi connectivity index (χ0n) is 25.5. The Labute approximate surface area is 241 Å². The van der Waals surface area contributed by atoms with Gasteiger partial charge in [-0.1, -0.05) is 53.9 Å². The molecule has 0 radical (unpaired) electrons. The fraction of sp³-hybridized carbons (Fsp3) is 0.649. The summed E-state index contributed by atoms with van der Waals surface area (Å²) < 4.78 is 11.4. The van der Waals surface area contributed by atoms with Gasteiger partial charge in [0.2, 0.25) is 0 Å². The minimum absolute atomic E-state index is 0.0793. The Bertz CT molecular complexity index is 1230. The number of carbonyl (C=O) groups excluding carboxylic acids is 1. The summed E-state index contributed by atoms with van der Waals surface area (Å²) in [6.07, 6.45) is 20.3. The maximum absolute atomic E-state index is 14.0. The van der Waals surface area contributed by atoms with Crippen LogP contribution in [0.1, 0.15) is 110 Å². The van der Waals surface area contributed by atoms with Crippen LogP contribution in [-0.4, -0.2) is 5.78 Å². The second-order valence-corrected chi connectivity index (χ2v) is 14.8. The van der Waals surface area contributed by atoms with Crippen LogP contribution in [0.4, 0.5) is 0 Å². The van der Waals surface area contributed by atoms with Crippen molar-refractivity contribution in [1.82, 2.24) is 0 Å². The molecule has 0 amide bonds. The first-order chi connectivity index (χ1) is 19.2. The largest absolute Gasteiger partial charge is 0.465 e. The second-order valence-electron chi connectivity index (χ2n) is 14.8. The molecule has 216 valence electrons. The predicted molar refractivity (Wildman–Crippen MR) is 162 cm³/mol. The van der Waals surface area contributed by atoms with Gasteiger partial charge in [-0.05, 0) is 134 Å². The van der Waals surface area contributed by atoms with Gasteiger partial charge in [0, 0.05) is 11.1 Å². The number of rotatable bonds is 7. The topological polar surface area (TPSA) is 43.4 Å². The molecule has 3 nitrogen and oxygen atoms in total. The third kappa shape index (κ3) is 4.80. The van der Waals surface area contributed by atoms with Crippen LogP contribution in [0.25, 0.3) is 12.2 Å². The Balaban J connectivity index is 1.30. The molecule has 40 heavy (non-hydrogen) atoms. The van der Waals surface area contributed by atoms with Gasteiger partial charge in [-0.2, -0.15) is 0 Å². The molecular formula is C37H50O3. The summed E-state index contributed by atoms with van der Waals surface area (Å²) in [5, 5.41) is 0. The molecule has 2 aromatic heterocycles. The lowest BCUT2D eigenvalue weighted by Crippen LogP contribution is -2.54. The van der Waals surface area contributed by atoms with Gasteiger partial charge >= 0.3 is 0 Å². The fourth-order valence-corrected chi connectivity index (χ4v) is 10.4. The SMILES string of the molecule is CC(C)CCC[C@@H](C)[C@@H]1CC[C@@H]2[C@@H]3CC[C@H]4/C(=C/c5ccco5)C(=O)/C(=C\c5ccco5)C[C@]4(C)[C@@H]3CC[C@]21C. The van der Waals surface area contributed by atoms with Crippen LogP contribution >= 0.6 is 0 Å². The number of allylic oxidation sites excluding steroid dienone is 2. The lowest BCUT2D eigenvalue weighted by Gasteiger charge is -2.61. The molecule has 0 aliphatic heterocycles. The van der Waals surface area contributed by atoms with E-state index in [4.69, 9.17) is 8.83 Å². The van der Waals surface area contributed by atoms with Crippen molar-refractivity contribution in [3.63, 3.8) is 0 Å². The van der Waals surface area contributed by atoms with Gasteiger partial charge < -0.3 is 8.83 Å². The van der Waals surface area contributed by atoms with E-state index in [2.05, 4.69) is 40.7 Å². The summed E-state index contributed by atoms with van der Waals surface area (Å²) in [5.41, 5.74) is 2.42. The van der Waals surface area contributed by atoms with Gasteiger partial charge in [-0.3, -0.25) is 4.79 Å². The van der Waals surface area contributed by atoms with Crippen molar-refractivity contribution in [2.45, 2.75) is 98.8 Å². The summed E-state index contributed by atoms with van der Waals surface area (Å²) in [4.78, 5) is 14.0. The Morgan fingerprint density at radius 1 is 0.875 bits per heavy atom. The molecule has 4 fully saturated rings. The average molecular weight is 543 g/mol. The number of hydrogen-bond donors (Lipinski definition) is 0. The van der Waals surface area contributed by atoms with E-state index in [1.54, 1.807) is 12.5 Å². The van der Waals surface area contributed by atoms with Gasteiger partial charge in [-0.25, -0.2) is 0 Å². The van der Waals surface area contributed by atoms with E-state index in [9.17, 15) is 4.79 Å². The van der Waals surface area contributed by atoms with Crippen molar-refractivity contribution in [3.05, 3.63) is 59.5 Å². The van der Waals surface area contributed by atoms with Crippen LogP contribution < -0.4 is 0 Å². The summed E-state index contributed by atoms with van der Waals surface area (Å²) in [7, 11) is 0. The van der Waals surface area contributed by atoms with E-state index in [0.29, 0.717) is 11.3 Å². The van der Waals surface area contributed by atoms with Gasteiger partial charge in [0.05, 0.1) is 12.5 Å². The summed E-state index contributed by atoms with van der Waals surface area (Å²) in [6, 6.07) is 7.75. The highest BCUT2D eigenvalue weighted by Gasteiger charge is 2.61. The minimum atomic E-state index is 0.0793. The maximum atomic E-state index is 14.0. The van der Waals surface area contributed by atoms with E-state index < -0.39 is 0 Å². The van der Waals surface area contributed by atoms with Crippen LogP contribution in [0, 0.1) is 52.3 Å². The van der Waals surface area contributed by atoms with Crippen LogP contribution in [0.3, 0.4) is 0 Å². The second kappa shape index (κ2) is 10.8. The van der Waals surface area contributed by atoms with Crippen molar-refractivity contribution in [3.8, 4) is 0 Å². The lowest BCUT2D eigenvalue weighted by molar-refractivity contribution is -0.123. The van der Waals surface area contributed by atoms with Gasteiger partial charge in [0.15, 0.2) is 5.78 Å². The number of furan rings is 2. The molecule has 0 unspecified atom stereocenters. The number of hydrogen-bond acceptors (Lipinski definition) is 3. The minimum Gasteiger partial charge on any atom is -0.465 e. The zero-order chi connectivity index (χ0) is 28.1. The molecule has 4 aliphatic rings. The van der Waals surface area contributed by atoms with Crippen molar-refractivity contribution in [2.75, 3.05) is 0 Å². The molecule has 4 saturated carbocycles.